The lowest BCUT2D eigenvalue weighted by molar-refractivity contribution is -0.172. The molecule has 0 aromatic heterocycles. The number of rotatable bonds is 8. The van der Waals surface area contributed by atoms with Crippen LogP contribution >= 0.6 is 0 Å². The molecule has 0 aliphatic heterocycles. The van der Waals surface area contributed by atoms with Crippen LogP contribution in [-0.4, -0.2) is 35.4 Å². The Labute approximate surface area is 94.0 Å². The molecule has 0 rings (SSSR count). The third-order valence-electron chi connectivity index (χ3n) is 2.40. The van der Waals surface area contributed by atoms with Crippen molar-refractivity contribution in [2.24, 2.45) is 5.41 Å². The van der Waals surface area contributed by atoms with Crippen LogP contribution in [0.2, 0.25) is 0 Å². The van der Waals surface area contributed by atoms with E-state index in [2.05, 4.69) is 13.2 Å². The van der Waals surface area contributed by atoms with E-state index in [1.165, 1.54) is 19.3 Å². The molecular formula is C11H16O5. The molecule has 1 unspecified atom stereocenters. The maximum absolute atomic E-state index is 11.3. The Morgan fingerprint density at radius 1 is 1.31 bits per heavy atom. The Morgan fingerprint density at radius 3 is 1.94 bits per heavy atom. The first-order chi connectivity index (χ1) is 7.46. The summed E-state index contributed by atoms with van der Waals surface area (Å²) in [7, 11) is 1.17. The topological polar surface area (TPSA) is 83.8 Å². The lowest BCUT2D eigenvalue weighted by atomic mass is 9.76. The molecule has 0 saturated carbocycles. The minimum Gasteiger partial charge on any atom is -0.481 e. The minimum absolute atomic E-state index is 0.000833. The van der Waals surface area contributed by atoms with Crippen LogP contribution in [0.15, 0.2) is 25.3 Å². The van der Waals surface area contributed by atoms with Crippen molar-refractivity contribution in [2.75, 3.05) is 7.11 Å². The average Bonchev–Trinajstić information content (AvgIpc) is 2.18. The summed E-state index contributed by atoms with van der Waals surface area (Å²) >= 11 is 0. The van der Waals surface area contributed by atoms with Gasteiger partial charge in [0.15, 0.2) is 6.10 Å². The van der Waals surface area contributed by atoms with Crippen molar-refractivity contribution < 1.29 is 24.5 Å². The molecule has 0 spiro atoms. The van der Waals surface area contributed by atoms with Crippen LogP contribution in [0.1, 0.15) is 12.8 Å². The number of carbonyl (C=O) groups is 2. The molecule has 1 atom stereocenters. The Balaban J connectivity index is 5.44. The molecule has 90 valence electrons. The monoisotopic (exact) mass is 228 g/mol. The first-order valence-electron chi connectivity index (χ1n) is 4.67. The molecule has 5 heteroatoms. The number of hydrogen-bond donors (Lipinski definition) is 2. The van der Waals surface area contributed by atoms with Gasteiger partial charge in [-0.3, -0.25) is 4.79 Å². The minimum atomic E-state index is -1.55. The first kappa shape index (κ1) is 14.4. The molecule has 0 aliphatic rings. The fourth-order valence-corrected chi connectivity index (χ4v) is 1.66. The Kier molecular flexibility index (Phi) is 5.46. The van der Waals surface area contributed by atoms with E-state index in [9.17, 15) is 14.7 Å². The molecule has 0 aromatic carbocycles. The molecule has 0 bridgehead atoms. The predicted molar refractivity (Wildman–Crippen MR) is 58.1 cm³/mol. The second-order valence-corrected chi connectivity index (χ2v) is 3.40. The van der Waals surface area contributed by atoms with Crippen molar-refractivity contribution in [3.8, 4) is 0 Å². The van der Waals surface area contributed by atoms with Gasteiger partial charge >= 0.3 is 11.9 Å². The first-order valence-corrected chi connectivity index (χ1v) is 4.67. The molecule has 0 amide bonds. The summed E-state index contributed by atoms with van der Waals surface area (Å²) in [5.41, 5.74) is -1.55. The van der Waals surface area contributed by atoms with E-state index in [0.717, 1.165) is 0 Å². The highest BCUT2D eigenvalue weighted by Crippen LogP contribution is 2.34. The van der Waals surface area contributed by atoms with Crippen LogP contribution in [0.5, 0.6) is 0 Å². The van der Waals surface area contributed by atoms with Gasteiger partial charge in [-0.05, 0) is 12.8 Å². The lowest BCUT2D eigenvalue weighted by Gasteiger charge is -2.31. The van der Waals surface area contributed by atoms with Crippen molar-refractivity contribution in [1.82, 2.24) is 0 Å². The van der Waals surface area contributed by atoms with Crippen LogP contribution < -0.4 is 0 Å². The third kappa shape index (κ3) is 2.70. The number of hydrogen-bond acceptors (Lipinski definition) is 3. The molecule has 0 aromatic rings. The Bertz CT molecular complexity index is 285. The van der Waals surface area contributed by atoms with E-state index in [1.807, 2.05) is 0 Å². The van der Waals surface area contributed by atoms with Gasteiger partial charge in [-0.25, -0.2) is 4.79 Å². The maximum atomic E-state index is 11.3. The fraction of sp³-hybridized carbons (Fsp3) is 0.455. The highest BCUT2D eigenvalue weighted by atomic mass is 16.5. The SMILES string of the molecule is C=CCC(CC=C)(C(=O)O)C(OC)C(=O)O. The lowest BCUT2D eigenvalue weighted by Crippen LogP contribution is -2.47. The zero-order valence-corrected chi connectivity index (χ0v) is 9.18. The smallest absolute Gasteiger partial charge is 0.334 e. The second kappa shape index (κ2) is 6.07. The van der Waals surface area contributed by atoms with E-state index in [-0.39, 0.29) is 12.8 Å². The molecule has 0 aliphatic carbocycles. The van der Waals surface area contributed by atoms with Crippen molar-refractivity contribution in [3.05, 3.63) is 25.3 Å². The quantitative estimate of drug-likeness (QED) is 0.612. The van der Waals surface area contributed by atoms with Crippen molar-refractivity contribution in [1.29, 1.82) is 0 Å². The molecule has 0 heterocycles. The summed E-state index contributed by atoms with van der Waals surface area (Å²) in [4.78, 5) is 22.2. The van der Waals surface area contributed by atoms with E-state index in [4.69, 9.17) is 9.84 Å². The van der Waals surface area contributed by atoms with E-state index in [0.29, 0.717) is 0 Å². The highest BCUT2D eigenvalue weighted by Gasteiger charge is 2.48. The molecule has 5 nitrogen and oxygen atoms in total. The van der Waals surface area contributed by atoms with Crippen molar-refractivity contribution in [2.45, 2.75) is 18.9 Å². The number of aliphatic carboxylic acids is 2. The normalized spacial score (nSPS) is 12.8. The van der Waals surface area contributed by atoms with Gasteiger partial charge in [-0.15, -0.1) is 13.2 Å². The molecule has 16 heavy (non-hydrogen) atoms. The number of ether oxygens (including phenoxy) is 1. The fourth-order valence-electron chi connectivity index (χ4n) is 1.66. The van der Waals surface area contributed by atoms with Crippen molar-refractivity contribution in [3.63, 3.8) is 0 Å². The summed E-state index contributed by atoms with van der Waals surface area (Å²) < 4.78 is 4.77. The Hall–Kier alpha value is -1.62. The maximum Gasteiger partial charge on any atom is 0.334 e. The van der Waals surface area contributed by atoms with E-state index >= 15 is 0 Å². The van der Waals surface area contributed by atoms with Gasteiger partial charge in [0, 0.05) is 7.11 Å². The van der Waals surface area contributed by atoms with E-state index < -0.39 is 23.5 Å². The van der Waals surface area contributed by atoms with Gasteiger partial charge < -0.3 is 14.9 Å². The number of methoxy groups -OCH3 is 1. The summed E-state index contributed by atoms with van der Waals surface area (Å²) in [6.07, 6.45) is 1.30. The molecule has 0 saturated heterocycles. The summed E-state index contributed by atoms with van der Waals surface area (Å²) in [5.74, 6) is -2.55. The second-order valence-electron chi connectivity index (χ2n) is 3.40. The number of carboxylic acids is 2. The van der Waals surface area contributed by atoms with Crippen LogP contribution in [0.25, 0.3) is 0 Å². The van der Waals surface area contributed by atoms with Crippen LogP contribution in [-0.2, 0) is 14.3 Å². The predicted octanol–water partition coefficient (Wildman–Crippen LogP) is 1.31. The molecule has 0 fully saturated rings. The van der Waals surface area contributed by atoms with Crippen molar-refractivity contribution >= 4 is 11.9 Å². The average molecular weight is 228 g/mol. The van der Waals surface area contributed by atoms with Crippen LogP contribution in [0.4, 0.5) is 0 Å². The van der Waals surface area contributed by atoms with E-state index in [1.54, 1.807) is 0 Å². The zero-order chi connectivity index (χ0) is 12.8. The van der Waals surface area contributed by atoms with Gasteiger partial charge in [0.25, 0.3) is 0 Å². The standard InChI is InChI=1S/C11H16O5/c1-4-6-11(7-5-2,10(14)15)8(16-3)9(12)13/h4-5,8H,1-2,6-7H2,3H3,(H,12,13)(H,14,15). The summed E-state index contributed by atoms with van der Waals surface area (Å²) in [6.45, 7) is 6.88. The summed E-state index contributed by atoms with van der Waals surface area (Å²) in [5, 5.41) is 18.2. The van der Waals surface area contributed by atoms with Gasteiger partial charge in [0.05, 0.1) is 0 Å². The molecule has 2 N–H and O–H groups in total. The number of allylic oxidation sites excluding steroid dienone is 2. The zero-order valence-electron chi connectivity index (χ0n) is 9.18. The third-order valence-corrected chi connectivity index (χ3v) is 2.40. The molecule has 0 radical (unpaired) electrons. The molecular weight excluding hydrogens is 212 g/mol. The highest BCUT2D eigenvalue weighted by molar-refractivity contribution is 5.85. The van der Waals surface area contributed by atoms with Gasteiger partial charge in [-0.1, -0.05) is 12.2 Å². The number of carboxylic acid groups (broad SMARTS) is 2. The van der Waals surface area contributed by atoms with Crippen LogP contribution in [0.3, 0.4) is 0 Å². The van der Waals surface area contributed by atoms with Crippen LogP contribution in [0, 0.1) is 5.41 Å². The Morgan fingerprint density at radius 2 is 1.75 bits per heavy atom. The van der Waals surface area contributed by atoms with Gasteiger partial charge in [0.1, 0.15) is 5.41 Å². The van der Waals surface area contributed by atoms with Gasteiger partial charge in [-0.2, -0.15) is 0 Å². The summed E-state index contributed by atoms with van der Waals surface area (Å²) in [6, 6.07) is 0. The largest absolute Gasteiger partial charge is 0.481 e. The van der Waals surface area contributed by atoms with Gasteiger partial charge in [0.2, 0.25) is 0 Å².